The van der Waals surface area contributed by atoms with Crippen molar-refractivity contribution in [1.29, 1.82) is 0 Å². The fourth-order valence-electron chi connectivity index (χ4n) is 2.48. The van der Waals surface area contributed by atoms with Crippen LogP contribution in [0.2, 0.25) is 0 Å². The van der Waals surface area contributed by atoms with E-state index in [1.54, 1.807) is 0 Å². The lowest BCUT2D eigenvalue weighted by Gasteiger charge is -2.34. The monoisotopic (exact) mass is 193 g/mol. The zero-order valence-electron chi connectivity index (χ0n) is 8.84. The summed E-state index contributed by atoms with van der Waals surface area (Å²) in [7, 11) is 0. The number of nitrogens with one attached hydrogen (secondary N) is 1. The molecule has 0 aliphatic heterocycles. The number of nitrogens with zero attached hydrogens (tertiary/aromatic N) is 1. The highest BCUT2D eigenvalue weighted by atomic mass is 15.1. The molecule has 14 heavy (non-hydrogen) atoms. The van der Waals surface area contributed by atoms with Gasteiger partial charge < -0.3 is 5.73 Å². The predicted molar refractivity (Wildman–Crippen MR) is 57.1 cm³/mol. The van der Waals surface area contributed by atoms with Crippen LogP contribution in [-0.4, -0.2) is 16.7 Å². The summed E-state index contributed by atoms with van der Waals surface area (Å²) in [6, 6.07) is 2.15. The Morgan fingerprint density at radius 3 is 2.64 bits per heavy atom. The van der Waals surface area contributed by atoms with E-state index < -0.39 is 0 Å². The van der Waals surface area contributed by atoms with Crippen LogP contribution in [0.15, 0.2) is 6.07 Å². The molecule has 0 bridgehead atoms. The molecular weight excluding hydrogens is 174 g/mol. The minimum absolute atomic E-state index is 0.170. The predicted octanol–water partition coefficient (Wildman–Crippen LogP) is 1.88. The summed E-state index contributed by atoms with van der Waals surface area (Å²) in [5, 5.41) is 7.40. The first-order chi connectivity index (χ1) is 6.77. The Balaban J connectivity index is 2.26. The van der Waals surface area contributed by atoms with E-state index in [9.17, 15) is 0 Å². The molecule has 1 aromatic heterocycles. The van der Waals surface area contributed by atoms with Crippen LogP contribution < -0.4 is 5.73 Å². The van der Waals surface area contributed by atoms with Crippen molar-refractivity contribution in [3.05, 3.63) is 17.5 Å². The summed E-state index contributed by atoms with van der Waals surface area (Å²) < 4.78 is 0. The lowest BCUT2D eigenvalue weighted by atomic mass is 9.72. The third kappa shape index (κ3) is 1.57. The number of hydrogen-bond acceptors (Lipinski definition) is 2. The van der Waals surface area contributed by atoms with Crippen LogP contribution in [0.1, 0.15) is 43.5 Å². The first-order valence-electron chi connectivity index (χ1n) is 5.49. The van der Waals surface area contributed by atoms with Crippen LogP contribution in [0.25, 0.3) is 0 Å². The van der Waals surface area contributed by atoms with Gasteiger partial charge in [-0.1, -0.05) is 19.3 Å². The van der Waals surface area contributed by atoms with Crippen molar-refractivity contribution in [2.75, 3.05) is 6.54 Å². The molecule has 3 N–H and O–H groups in total. The summed E-state index contributed by atoms with van der Waals surface area (Å²) >= 11 is 0. The van der Waals surface area contributed by atoms with E-state index in [-0.39, 0.29) is 5.41 Å². The number of hydrogen-bond donors (Lipinski definition) is 2. The number of aryl methyl sites for hydroxylation is 1. The number of aromatic amines is 1. The molecule has 0 unspecified atom stereocenters. The van der Waals surface area contributed by atoms with Gasteiger partial charge in [-0.2, -0.15) is 5.10 Å². The zero-order chi connectivity index (χ0) is 10.0. The van der Waals surface area contributed by atoms with Gasteiger partial charge in [-0.05, 0) is 25.8 Å². The second-order valence-electron chi connectivity index (χ2n) is 4.48. The maximum atomic E-state index is 5.93. The van der Waals surface area contributed by atoms with Gasteiger partial charge in [0.1, 0.15) is 0 Å². The molecule has 2 rings (SSSR count). The second kappa shape index (κ2) is 3.73. The quantitative estimate of drug-likeness (QED) is 0.753. The maximum Gasteiger partial charge on any atom is 0.0699 e. The molecule has 0 spiro atoms. The van der Waals surface area contributed by atoms with Crippen molar-refractivity contribution in [2.45, 2.75) is 44.4 Å². The standard InChI is InChI=1S/C11H19N3/c1-9-7-10(14-13-9)11(8-12)5-3-2-4-6-11/h7H,2-6,8,12H2,1H3,(H,13,14). The lowest BCUT2D eigenvalue weighted by molar-refractivity contribution is 0.293. The van der Waals surface area contributed by atoms with Gasteiger partial charge >= 0.3 is 0 Å². The van der Waals surface area contributed by atoms with Gasteiger partial charge in [-0.25, -0.2) is 0 Å². The van der Waals surface area contributed by atoms with Gasteiger partial charge in [0.25, 0.3) is 0 Å². The Bertz CT molecular complexity index is 297. The van der Waals surface area contributed by atoms with Crippen molar-refractivity contribution in [3.8, 4) is 0 Å². The molecule has 0 atom stereocenters. The minimum atomic E-state index is 0.170. The Kier molecular flexibility index (Phi) is 2.59. The molecule has 1 aliphatic rings. The Hall–Kier alpha value is -0.830. The first kappa shape index (κ1) is 9.71. The molecular formula is C11H19N3. The zero-order valence-corrected chi connectivity index (χ0v) is 8.84. The fraction of sp³-hybridized carbons (Fsp3) is 0.727. The van der Waals surface area contributed by atoms with Crippen LogP contribution in [-0.2, 0) is 5.41 Å². The Labute approximate surface area is 85.1 Å². The van der Waals surface area contributed by atoms with E-state index in [0.29, 0.717) is 0 Å². The molecule has 3 nitrogen and oxygen atoms in total. The third-order valence-electron chi connectivity index (χ3n) is 3.45. The molecule has 1 aromatic rings. The van der Waals surface area contributed by atoms with Gasteiger partial charge in [-0.15, -0.1) is 0 Å². The van der Waals surface area contributed by atoms with Crippen LogP contribution in [0.5, 0.6) is 0 Å². The molecule has 0 amide bonds. The third-order valence-corrected chi connectivity index (χ3v) is 3.45. The topological polar surface area (TPSA) is 54.7 Å². The highest BCUT2D eigenvalue weighted by molar-refractivity contribution is 5.20. The molecule has 1 saturated carbocycles. The average Bonchev–Trinajstić information content (AvgIpc) is 2.66. The number of rotatable bonds is 2. The van der Waals surface area contributed by atoms with Crippen LogP contribution in [0.3, 0.4) is 0 Å². The van der Waals surface area contributed by atoms with E-state index >= 15 is 0 Å². The van der Waals surface area contributed by atoms with Crippen LogP contribution in [0, 0.1) is 6.92 Å². The van der Waals surface area contributed by atoms with Crippen molar-refractivity contribution in [1.82, 2.24) is 10.2 Å². The summed E-state index contributed by atoms with van der Waals surface area (Å²) in [5.41, 5.74) is 8.41. The number of aromatic nitrogens is 2. The Morgan fingerprint density at radius 1 is 1.43 bits per heavy atom. The van der Waals surface area contributed by atoms with E-state index in [1.165, 1.54) is 37.8 Å². The number of H-pyrrole nitrogens is 1. The molecule has 1 fully saturated rings. The van der Waals surface area contributed by atoms with Gasteiger partial charge in [0.05, 0.1) is 5.69 Å². The normalized spacial score (nSPS) is 21.0. The SMILES string of the molecule is Cc1cc(C2(CN)CCCCC2)n[nH]1. The molecule has 78 valence electrons. The van der Waals surface area contributed by atoms with Gasteiger partial charge in [-0.3, -0.25) is 5.10 Å². The molecule has 0 radical (unpaired) electrons. The van der Waals surface area contributed by atoms with Crippen LogP contribution >= 0.6 is 0 Å². The highest BCUT2D eigenvalue weighted by Crippen LogP contribution is 2.37. The van der Waals surface area contributed by atoms with Crippen molar-refractivity contribution in [2.24, 2.45) is 5.73 Å². The average molecular weight is 193 g/mol. The highest BCUT2D eigenvalue weighted by Gasteiger charge is 2.34. The molecule has 0 saturated heterocycles. The molecule has 1 heterocycles. The van der Waals surface area contributed by atoms with Crippen LogP contribution in [0.4, 0.5) is 0 Å². The lowest BCUT2D eigenvalue weighted by Crippen LogP contribution is -2.37. The van der Waals surface area contributed by atoms with Crippen molar-refractivity contribution < 1.29 is 0 Å². The molecule has 0 aromatic carbocycles. The summed E-state index contributed by atoms with van der Waals surface area (Å²) in [6.07, 6.45) is 6.35. The fourth-order valence-corrected chi connectivity index (χ4v) is 2.48. The van der Waals surface area contributed by atoms with E-state index in [0.717, 1.165) is 12.2 Å². The maximum absolute atomic E-state index is 5.93. The van der Waals surface area contributed by atoms with Gasteiger partial charge in [0, 0.05) is 17.7 Å². The van der Waals surface area contributed by atoms with Gasteiger partial charge in [0.15, 0.2) is 0 Å². The molecule has 1 aliphatic carbocycles. The summed E-state index contributed by atoms with van der Waals surface area (Å²) in [6.45, 7) is 2.78. The van der Waals surface area contributed by atoms with E-state index in [1.807, 2.05) is 6.92 Å². The van der Waals surface area contributed by atoms with E-state index in [2.05, 4.69) is 16.3 Å². The molecule has 3 heteroatoms. The van der Waals surface area contributed by atoms with Crippen molar-refractivity contribution in [3.63, 3.8) is 0 Å². The second-order valence-corrected chi connectivity index (χ2v) is 4.48. The van der Waals surface area contributed by atoms with Gasteiger partial charge in [0.2, 0.25) is 0 Å². The van der Waals surface area contributed by atoms with Crippen molar-refractivity contribution >= 4 is 0 Å². The number of nitrogens with two attached hydrogens (primary N) is 1. The van der Waals surface area contributed by atoms with E-state index in [4.69, 9.17) is 5.73 Å². The Morgan fingerprint density at radius 2 is 2.14 bits per heavy atom. The summed E-state index contributed by atoms with van der Waals surface area (Å²) in [5.74, 6) is 0. The smallest absolute Gasteiger partial charge is 0.0699 e. The minimum Gasteiger partial charge on any atom is -0.330 e. The first-order valence-corrected chi connectivity index (χ1v) is 5.49. The summed E-state index contributed by atoms with van der Waals surface area (Å²) in [4.78, 5) is 0. The largest absolute Gasteiger partial charge is 0.330 e.